The Bertz CT molecular complexity index is 556. The maximum atomic E-state index is 12.4. The first kappa shape index (κ1) is 15.8. The Kier molecular flexibility index (Phi) is 4.83. The van der Waals surface area contributed by atoms with Crippen molar-refractivity contribution in [3.8, 4) is 0 Å². The minimum absolute atomic E-state index is 0.0479. The zero-order valence-corrected chi connectivity index (χ0v) is 13.3. The molecular weight excluding hydrogens is 290 g/mol. The number of carbonyl (C=O) groups is 2. The quantitative estimate of drug-likeness (QED) is 0.848. The number of likely N-dealkylation sites (N-methyl/N-ethyl adjacent to an activating group) is 1. The number of carbonyl (C=O) groups excluding carboxylic acids is 2. The van der Waals surface area contributed by atoms with Gasteiger partial charge in [0.2, 0.25) is 5.91 Å². The van der Waals surface area contributed by atoms with E-state index in [0.29, 0.717) is 16.8 Å². The van der Waals surface area contributed by atoms with Crippen LogP contribution in [0.2, 0.25) is 5.15 Å². The van der Waals surface area contributed by atoms with Gasteiger partial charge in [-0.25, -0.2) is 4.98 Å². The minimum Gasteiger partial charge on any atom is -0.352 e. The molecule has 0 atom stereocenters. The number of pyridine rings is 1. The number of nitrogens with one attached hydrogen (secondary N) is 1. The highest BCUT2D eigenvalue weighted by Crippen LogP contribution is 2.19. The van der Waals surface area contributed by atoms with E-state index in [0.717, 1.165) is 18.5 Å². The number of halogens is 1. The lowest BCUT2D eigenvalue weighted by Gasteiger charge is -2.17. The highest BCUT2D eigenvalue weighted by molar-refractivity contribution is 6.29. The summed E-state index contributed by atoms with van der Waals surface area (Å²) in [6, 6.07) is 3.56. The van der Waals surface area contributed by atoms with Crippen molar-refractivity contribution in [1.29, 1.82) is 0 Å². The molecule has 1 fully saturated rings. The fourth-order valence-electron chi connectivity index (χ4n) is 1.95. The summed E-state index contributed by atoms with van der Waals surface area (Å²) in [6.45, 7) is 4.02. The molecule has 0 radical (unpaired) electrons. The second-order valence-electron chi connectivity index (χ2n) is 5.76. The normalized spacial score (nSPS) is 14.1. The topological polar surface area (TPSA) is 62.3 Å². The van der Waals surface area contributed by atoms with E-state index >= 15 is 0 Å². The molecule has 0 saturated heterocycles. The van der Waals surface area contributed by atoms with E-state index in [2.05, 4.69) is 10.3 Å². The summed E-state index contributed by atoms with van der Waals surface area (Å²) in [6.07, 6.45) is 2.06. The molecule has 2 rings (SSSR count). The largest absolute Gasteiger partial charge is 0.352 e. The first-order valence-electron chi connectivity index (χ1n) is 7.09. The SMILES string of the molecule is CC(C)c1cc(C(=O)N(C)CC(=O)NC2CC2)cc(Cl)n1. The van der Waals surface area contributed by atoms with Crippen LogP contribution in [0.4, 0.5) is 0 Å². The monoisotopic (exact) mass is 309 g/mol. The molecular formula is C15H20ClN3O2. The van der Waals surface area contributed by atoms with Gasteiger partial charge in [-0.05, 0) is 30.9 Å². The summed E-state index contributed by atoms with van der Waals surface area (Å²) in [4.78, 5) is 29.7. The Morgan fingerprint density at radius 2 is 2.10 bits per heavy atom. The fourth-order valence-corrected chi connectivity index (χ4v) is 2.16. The van der Waals surface area contributed by atoms with E-state index < -0.39 is 0 Å². The third-order valence-corrected chi connectivity index (χ3v) is 3.52. The molecule has 6 heteroatoms. The van der Waals surface area contributed by atoms with E-state index in [1.807, 2.05) is 13.8 Å². The van der Waals surface area contributed by atoms with Crippen LogP contribution in [0, 0.1) is 0 Å². The maximum Gasteiger partial charge on any atom is 0.254 e. The predicted molar refractivity (Wildman–Crippen MR) is 81.5 cm³/mol. The van der Waals surface area contributed by atoms with Crippen LogP contribution < -0.4 is 5.32 Å². The molecule has 0 aromatic carbocycles. The summed E-state index contributed by atoms with van der Waals surface area (Å²) in [7, 11) is 1.61. The highest BCUT2D eigenvalue weighted by atomic mass is 35.5. The molecule has 2 amide bonds. The van der Waals surface area contributed by atoms with E-state index in [-0.39, 0.29) is 24.3 Å². The third-order valence-electron chi connectivity index (χ3n) is 3.32. The molecule has 1 aromatic heterocycles. The standard InChI is InChI=1S/C15H20ClN3O2/c1-9(2)12-6-10(7-13(16)18-12)15(21)19(3)8-14(20)17-11-4-5-11/h6-7,9,11H,4-5,8H2,1-3H3,(H,17,20). The van der Waals surface area contributed by atoms with Gasteiger partial charge in [0, 0.05) is 24.3 Å². The van der Waals surface area contributed by atoms with Gasteiger partial charge >= 0.3 is 0 Å². The van der Waals surface area contributed by atoms with Crippen molar-refractivity contribution >= 4 is 23.4 Å². The van der Waals surface area contributed by atoms with Gasteiger partial charge in [-0.15, -0.1) is 0 Å². The van der Waals surface area contributed by atoms with Gasteiger partial charge in [0.15, 0.2) is 0 Å². The Balaban J connectivity index is 2.05. The van der Waals surface area contributed by atoms with Crippen LogP contribution in [0.5, 0.6) is 0 Å². The summed E-state index contributed by atoms with van der Waals surface area (Å²) < 4.78 is 0. The predicted octanol–water partition coefficient (Wildman–Crippen LogP) is 2.21. The van der Waals surface area contributed by atoms with E-state index in [4.69, 9.17) is 11.6 Å². The Hall–Kier alpha value is -1.62. The lowest BCUT2D eigenvalue weighted by atomic mass is 10.1. The van der Waals surface area contributed by atoms with Gasteiger partial charge < -0.3 is 10.2 Å². The van der Waals surface area contributed by atoms with Crippen LogP contribution in [-0.4, -0.2) is 41.3 Å². The summed E-state index contributed by atoms with van der Waals surface area (Å²) in [5.41, 5.74) is 1.22. The molecule has 0 spiro atoms. The molecule has 0 aliphatic heterocycles. The molecule has 1 aliphatic carbocycles. The number of amides is 2. The van der Waals surface area contributed by atoms with Crippen LogP contribution in [0.25, 0.3) is 0 Å². The number of rotatable bonds is 5. The van der Waals surface area contributed by atoms with E-state index in [1.165, 1.54) is 11.0 Å². The average Bonchev–Trinajstić information content (AvgIpc) is 3.20. The van der Waals surface area contributed by atoms with Crippen molar-refractivity contribution in [3.05, 3.63) is 28.5 Å². The van der Waals surface area contributed by atoms with Gasteiger partial charge in [0.1, 0.15) is 5.15 Å². The smallest absolute Gasteiger partial charge is 0.254 e. The average molecular weight is 310 g/mol. The van der Waals surface area contributed by atoms with Crippen LogP contribution in [0.3, 0.4) is 0 Å². The summed E-state index contributed by atoms with van der Waals surface area (Å²) in [5, 5.41) is 3.15. The van der Waals surface area contributed by atoms with Crippen molar-refractivity contribution < 1.29 is 9.59 Å². The van der Waals surface area contributed by atoms with Gasteiger partial charge in [0.05, 0.1) is 6.54 Å². The van der Waals surface area contributed by atoms with Crippen molar-refractivity contribution in [1.82, 2.24) is 15.2 Å². The van der Waals surface area contributed by atoms with Crippen LogP contribution >= 0.6 is 11.6 Å². The molecule has 0 bridgehead atoms. The molecule has 0 unspecified atom stereocenters. The van der Waals surface area contributed by atoms with Crippen molar-refractivity contribution in [2.75, 3.05) is 13.6 Å². The zero-order chi connectivity index (χ0) is 15.6. The highest BCUT2D eigenvalue weighted by Gasteiger charge is 2.24. The van der Waals surface area contributed by atoms with Crippen LogP contribution in [0.15, 0.2) is 12.1 Å². The van der Waals surface area contributed by atoms with Gasteiger partial charge in [-0.2, -0.15) is 0 Å². The lowest BCUT2D eigenvalue weighted by Crippen LogP contribution is -2.39. The second-order valence-corrected chi connectivity index (χ2v) is 6.15. The van der Waals surface area contributed by atoms with Gasteiger partial charge in [0.25, 0.3) is 5.91 Å². The molecule has 5 nitrogen and oxygen atoms in total. The minimum atomic E-state index is -0.229. The number of aromatic nitrogens is 1. The van der Waals surface area contributed by atoms with Gasteiger partial charge in [-0.3, -0.25) is 9.59 Å². The number of hydrogen-bond donors (Lipinski definition) is 1. The van der Waals surface area contributed by atoms with Crippen molar-refractivity contribution in [2.24, 2.45) is 0 Å². The first-order chi connectivity index (χ1) is 9.86. The van der Waals surface area contributed by atoms with Crippen LogP contribution in [-0.2, 0) is 4.79 Å². The Labute approximate surface area is 129 Å². The molecule has 1 aromatic rings. The summed E-state index contributed by atoms with van der Waals surface area (Å²) in [5.74, 6) is -0.177. The maximum absolute atomic E-state index is 12.4. The van der Waals surface area contributed by atoms with Crippen molar-refractivity contribution in [2.45, 2.75) is 38.6 Å². The molecule has 114 valence electrons. The van der Waals surface area contributed by atoms with E-state index in [1.54, 1.807) is 13.1 Å². The van der Waals surface area contributed by atoms with E-state index in [9.17, 15) is 9.59 Å². The fraction of sp³-hybridized carbons (Fsp3) is 0.533. The number of hydrogen-bond acceptors (Lipinski definition) is 3. The molecule has 1 aliphatic rings. The molecule has 1 N–H and O–H groups in total. The van der Waals surface area contributed by atoms with Gasteiger partial charge in [-0.1, -0.05) is 25.4 Å². The lowest BCUT2D eigenvalue weighted by molar-refractivity contribution is -0.121. The first-order valence-corrected chi connectivity index (χ1v) is 7.47. The third kappa shape index (κ3) is 4.43. The molecule has 1 heterocycles. The number of nitrogens with zero attached hydrogens (tertiary/aromatic N) is 2. The molecule has 1 saturated carbocycles. The van der Waals surface area contributed by atoms with Crippen molar-refractivity contribution in [3.63, 3.8) is 0 Å². The Morgan fingerprint density at radius 1 is 1.43 bits per heavy atom. The Morgan fingerprint density at radius 3 is 2.67 bits per heavy atom. The zero-order valence-electron chi connectivity index (χ0n) is 12.5. The van der Waals surface area contributed by atoms with Crippen LogP contribution in [0.1, 0.15) is 48.7 Å². The molecule has 21 heavy (non-hydrogen) atoms. The second kappa shape index (κ2) is 6.43. The summed E-state index contributed by atoms with van der Waals surface area (Å²) >= 11 is 5.96.